The molecule has 0 unspecified atom stereocenters. The minimum absolute atomic E-state index is 0.0875. The first kappa shape index (κ1) is 20.2. The summed E-state index contributed by atoms with van der Waals surface area (Å²) in [6.07, 6.45) is 8.58. The van der Waals surface area contributed by atoms with Gasteiger partial charge in [-0.05, 0) is 67.6 Å². The molecule has 1 fully saturated rings. The summed E-state index contributed by atoms with van der Waals surface area (Å²) < 4.78 is 1.55. The summed E-state index contributed by atoms with van der Waals surface area (Å²) in [7, 11) is 0. The smallest absolute Gasteiger partial charge is 0.332 e. The molecule has 0 heterocycles. The molecule has 0 saturated heterocycles. The standard InChI is InChI=1S/C21H34N2OS/c1-5-8-16-13-17(6-2)20(18(7-3)14-16)23(25)21(24)22-19-11-9-15(4)10-12-19/h13-15,19,25H,5-12H2,1-4H3,(H,22,24). The Bertz CT molecular complexity index is 554. The van der Waals surface area contributed by atoms with Gasteiger partial charge in [0.1, 0.15) is 0 Å². The summed E-state index contributed by atoms with van der Waals surface area (Å²) >= 11 is 4.59. The maximum atomic E-state index is 12.8. The molecule has 1 aliphatic rings. The predicted molar refractivity (Wildman–Crippen MR) is 111 cm³/mol. The van der Waals surface area contributed by atoms with Gasteiger partial charge >= 0.3 is 6.03 Å². The number of urea groups is 1. The second kappa shape index (κ2) is 9.51. The Hall–Kier alpha value is -1.16. The van der Waals surface area contributed by atoms with Crippen molar-refractivity contribution in [3.63, 3.8) is 0 Å². The van der Waals surface area contributed by atoms with Crippen molar-refractivity contribution < 1.29 is 4.79 Å². The second-order valence-electron chi connectivity index (χ2n) is 7.44. The summed E-state index contributed by atoms with van der Waals surface area (Å²) in [6.45, 7) is 8.79. The number of nitrogens with one attached hydrogen (secondary N) is 1. The number of benzene rings is 1. The van der Waals surface area contributed by atoms with E-state index in [1.807, 2.05) is 0 Å². The molecule has 25 heavy (non-hydrogen) atoms. The van der Waals surface area contributed by atoms with E-state index in [0.717, 1.165) is 50.1 Å². The third-order valence-corrected chi connectivity index (χ3v) is 5.76. The Kier molecular flexibility index (Phi) is 7.67. The van der Waals surface area contributed by atoms with Crippen molar-refractivity contribution in [2.75, 3.05) is 4.31 Å². The molecule has 1 saturated carbocycles. The summed E-state index contributed by atoms with van der Waals surface area (Å²) in [5.41, 5.74) is 4.77. The van der Waals surface area contributed by atoms with Gasteiger partial charge in [-0.1, -0.05) is 59.1 Å². The molecule has 140 valence electrons. The van der Waals surface area contributed by atoms with Crippen LogP contribution in [-0.2, 0) is 19.3 Å². The van der Waals surface area contributed by atoms with Crippen LogP contribution in [0, 0.1) is 5.92 Å². The normalized spacial score (nSPS) is 20.4. The van der Waals surface area contributed by atoms with E-state index in [2.05, 4.69) is 58.0 Å². The number of anilines is 1. The number of thiol groups is 1. The zero-order valence-corrected chi connectivity index (χ0v) is 17.2. The van der Waals surface area contributed by atoms with Crippen molar-refractivity contribution in [2.24, 2.45) is 5.92 Å². The molecule has 1 aliphatic carbocycles. The van der Waals surface area contributed by atoms with Crippen LogP contribution >= 0.6 is 12.8 Å². The molecule has 0 spiro atoms. The Labute approximate surface area is 159 Å². The van der Waals surface area contributed by atoms with E-state index in [1.165, 1.54) is 29.5 Å². The van der Waals surface area contributed by atoms with Gasteiger partial charge in [0, 0.05) is 6.04 Å². The molecule has 0 bridgehead atoms. The van der Waals surface area contributed by atoms with Crippen molar-refractivity contribution in [1.29, 1.82) is 0 Å². The van der Waals surface area contributed by atoms with Crippen LogP contribution in [0.3, 0.4) is 0 Å². The highest BCUT2D eigenvalue weighted by Crippen LogP contribution is 2.31. The lowest BCUT2D eigenvalue weighted by molar-refractivity contribution is 0.237. The highest BCUT2D eigenvalue weighted by Gasteiger charge is 2.24. The SMILES string of the molecule is CCCc1cc(CC)c(N(S)C(=O)NC2CCC(C)CC2)c(CC)c1. The maximum Gasteiger partial charge on any atom is 0.332 e. The van der Waals surface area contributed by atoms with Crippen LogP contribution < -0.4 is 9.62 Å². The molecular formula is C21H34N2OS. The van der Waals surface area contributed by atoms with Gasteiger partial charge in [-0.2, -0.15) is 0 Å². The summed E-state index contributed by atoms with van der Waals surface area (Å²) in [5, 5.41) is 3.19. The Morgan fingerprint density at radius 2 is 1.68 bits per heavy atom. The minimum atomic E-state index is -0.0875. The Morgan fingerprint density at radius 3 is 2.16 bits per heavy atom. The van der Waals surface area contributed by atoms with Gasteiger partial charge in [0.25, 0.3) is 0 Å². The van der Waals surface area contributed by atoms with Crippen LogP contribution in [0.5, 0.6) is 0 Å². The van der Waals surface area contributed by atoms with E-state index in [4.69, 9.17) is 0 Å². The zero-order valence-electron chi connectivity index (χ0n) is 16.3. The van der Waals surface area contributed by atoms with Crippen LogP contribution in [0.25, 0.3) is 0 Å². The first-order chi connectivity index (χ1) is 12.0. The van der Waals surface area contributed by atoms with Gasteiger partial charge < -0.3 is 5.32 Å². The van der Waals surface area contributed by atoms with Crippen LogP contribution in [0.15, 0.2) is 12.1 Å². The maximum absolute atomic E-state index is 12.8. The number of hydrogen-bond acceptors (Lipinski definition) is 2. The lowest BCUT2D eigenvalue weighted by Gasteiger charge is -2.30. The highest BCUT2D eigenvalue weighted by molar-refractivity contribution is 7.82. The lowest BCUT2D eigenvalue weighted by Crippen LogP contribution is -2.43. The van der Waals surface area contributed by atoms with Crippen molar-refractivity contribution in [2.45, 2.75) is 85.1 Å². The third kappa shape index (κ3) is 5.16. The minimum Gasteiger partial charge on any atom is -0.334 e. The number of hydrogen-bond donors (Lipinski definition) is 2. The quantitative estimate of drug-likeness (QED) is 0.625. The average Bonchev–Trinajstić information content (AvgIpc) is 2.62. The van der Waals surface area contributed by atoms with Crippen LogP contribution in [0.4, 0.5) is 10.5 Å². The van der Waals surface area contributed by atoms with Gasteiger partial charge in [0.15, 0.2) is 0 Å². The number of amides is 2. The fourth-order valence-corrected chi connectivity index (χ4v) is 4.13. The van der Waals surface area contributed by atoms with E-state index in [9.17, 15) is 4.79 Å². The molecule has 0 radical (unpaired) electrons. The largest absolute Gasteiger partial charge is 0.334 e. The lowest BCUT2D eigenvalue weighted by atomic mass is 9.87. The molecule has 2 rings (SSSR count). The average molecular weight is 363 g/mol. The van der Waals surface area contributed by atoms with Gasteiger partial charge in [-0.25, -0.2) is 9.10 Å². The first-order valence-corrected chi connectivity index (χ1v) is 10.3. The topological polar surface area (TPSA) is 32.3 Å². The molecule has 0 atom stereocenters. The highest BCUT2D eigenvalue weighted by atomic mass is 32.1. The van der Waals surface area contributed by atoms with Crippen molar-refractivity contribution >= 4 is 24.5 Å². The van der Waals surface area contributed by atoms with E-state index < -0.39 is 0 Å². The second-order valence-corrected chi connectivity index (χ2v) is 7.84. The van der Waals surface area contributed by atoms with Gasteiger partial charge in [-0.3, -0.25) is 0 Å². The predicted octanol–water partition coefficient (Wildman–Crippen LogP) is 5.70. The Balaban J connectivity index is 2.18. The molecule has 1 N–H and O–H groups in total. The number of aryl methyl sites for hydroxylation is 3. The molecule has 0 aliphatic heterocycles. The third-order valence-electron chi connectivity index (χ3n) is 5.38. The van der Waals surface area contributed by atoms with E-state index in [1.54, 1.807) is 4.31 Å². The van der Waals surface area contributed by atoms with E-state index in [0.29, 0.717) is 0 Å². The van der Waals surface area contributed by atoms with Crippen LogP contribution in [-0.4, -0.2) is 12.1 Å². The van der Waals surface area contributed by atoms with Crippen LogP contribution in [0.1, 0.15) is 76.5 Å². The summed E-state index contributed by atoms with van der Waals surface area (Å²) in [6, 6.07) is 4.69. The molecule has 3 nitrogen and oxygen atoms in total. The van der Waals surface area contributed by atoms with Crippen molar-refractivity contribution in [3.05, 3.63) is 28.8 Å². The van der Waals surface area contributed by atoms with E-state index >= 15 is 0 Å². The Morgan fingerprint density at radius 1 is 1.12 bits per heavy atom. The number of carbonyl (C=O) groups excluding carboxylic acids is 1. The molecule has 0 aromatic heterocycles. The van der Waals surface area contributed by atoms with Gasteiger partial charge in [0.2, 0.25) is 0 Å². The molecule has 1 aromatic rings. The van der Waals surface area contributed by atoms with Crippen LogP contribution in [0.2, 0.25) is 0 Å². The van der Waals surface area contributed by atoms with Crippen molar-refractivity contribution in [3.8, 4) is 0 Å². The number of rotatable bonds is 6. The molecular weight excluding hydrogens is 328 g/mol. The first-order valence-electron chi connectivity index (χ1n) is 9.94. The fourth-order valence-electron chi connectivity index (χ4n) is 3.82. The summed E-state index contributed by atoms with van der Waals surface area (Å²) in [5.74, 6) is 0.782. The zero-order chi connectivity index (χ0) is 18.4. The van der Waals surface area contributed by atoms with E-state index in [-0.39, 0.29) is 12.1 Å². The fraction of sp³-hybridized carbons (Fsp3) is 0.667. The monoisotopic (exact) mass is 362 g/mol. The molecule has 2 amide bonds. The van der Waals surface area contributed by atoms with Crippen molar-refractivity contribution in [1.82, 2.24) is 5.32 Å². The van der Waals surface area contributed by atoms with Gasteiger partial charge in [-0.15, -0.1) is 0 Å². The summed E-state index contributed by atoms with van der Waals surface area (Å²) in [4.78, 5) is 12.8. The molecule has 4 heteroatoms. The number of nitrogens with zero attached hydrogens (tertiary/aromatic N) is 1. The molecule has 1 aromatic carbocycles. The number of carbonyl (C=O) groups is 1. The van der Waals surface area contributed by atoms with Gasteiger partial charge in [0.05, 0.1) is 5.69 Å².